The highest BCUT2D eigenvalue weighted by molar-refractivity contribution is 5.90. The Kier molecular flexibility index (Phi) is 3.76. The highest BCUT2D eigenvalue weighted by Crippen LogP contribution is 2.35. The van der Waals surface area contributed by atoms with Crippen LogP contribution in [0.2, 0.25) is 0 Å². The van der Waals surface area contributed by atoms with E-state index in [2.05, 4.69) is 13.0 Å². The number of nitrogens with zero attached hydrogens (tertiary/aromatic N) is 1. The number of halogens is 1. The normalized spacial score (nSPS) is 24.5. The Bertz CT molecular complexity index is 474. The minimum absolute atomic E-state index is 0.00546. The van der Waals surface area contributed by atoms with Crippen molar-refractivity contribution in [3.05, 3.63) is 35.6 Å². The molecule has 0 saturated heterocycles. The lowest BCUT2D eigenvalue weighted by Crippen LogP contribution is -2.23. The Morgan fingerprint density at radius 1 is 1.39 bits per heavy atom. The van der Waals surface area contributed by atoms with Crippen molar-refractivity contribution in [1.29, 1.82) is 5.26 Å². The minimum Gasteiger partial charge on any atom is -0.298 e. The Labute approximate surface area is 106 Å². The Morgan fingerprint density at radius 2 is 2.06 bits per heavy atom. The SMILES string of the molecule is CC1CCCC1C(=O)C(C#N)c1ccc(F)cc1. The van der Waals surface area contributed by atoms with Crippen molar-refractivity contribution in [3.63, 3.8) is 0 Å². The van der Waals surface area contributed by atoms with Crippen LogP contribution in [0.15, 0.2) is 24.3 Å². The molecule has 1 saturated carbocycles. The van der Waals surface area contributed by atoms with Crippen LogP contribution in [0.3, 0.4) is 0 Å². The number of Topliss-reactive ketones (excluding diaryl/α,β-unsaturated/α-hetero) is 1. The molecule has 3 heteroatoms. The molecule has 1 aliphatic rings. The summed E-state index contributed by atoms with van der Waals surface area (Å²) in [6, 6.07) is 7.71. The van der Waals surface area contributed by atoms with Gasteiger partial charge in [-0.1, -0.05) is 25.5 Å². The van der Waals surface area contributed by atoms with Gasteiger partial charge < -0.3 is 0 Å². The fraction of sp³-hybridized carbons (Fsp3) is 0.467. The molecule has 0 aliphatic heterocycles. The summed E-state index contributed by atoms with van der Waals surface area (Å²) in [5.74, 6) is -0.768. The molecular formula is C15H16FNO. The van der Waals surface area contributed by atoms with Gasteiger partial charge in [0.25, 0.3) is 0 Å². The smallest absolute Gasteiger partial charge is 0.157 e. The van der Waals surface area contributed by atoms with Crippen LogP contribution in [0.1, 0.15) is 37.7 Å². The zero-order valence-corrected chi connectivity index (χ0v) is 10.4. The topological polar surface area (TPSA) is 40.9 Å². The summed E-state index contributed by atoms with van der Waals surface area (Å²) in [7, 11) is 0. The first kappa shape index (κ1) is 12.8. The zero-order valence-electron chi connectivity index (χ0n) is 10.4. The highest BCUT2D eigenvalue weighted by Gasteiger charge is 2.34. The van der Waals surface area contributed by atoms with Crippen molar-refractivity contribution in [3.8, 4) is 6.07 Å². The Hall–Kier alpha value is -1.69. The number of carbonyl (C=O) groups excluding carboxylic acids is 1. The number of nitriles is 1. The molecule has 1 aliphatic carbocycles. The molecule has 0 bridgehead atoms. The van der Waals surface area contributed by atoms with Crippen LogP contribution in [-0.2, 0) is 4.79 Å². The lowest BCUT2D eigenvalue weighted by Gasteiger charge is -2.17. The average molecular weight is 245 g/mol. The van der Waals surface area contributed by atoms with E-state index >= 15 is 0 Å². The second-order valence-electron chi connectivity index (χ2n) is 5.03. The summed E-state index contributed by atoms with van der Waals surface area (Å²) in [6.07, 6.45) is 2.98. The number of ketones is 1. The molecule has 2 rings (SSSR count). The maximum absolute atomic E-state index is 12.9. The standard InChI is InChI=1S/C15H16FNO/c1-10-3-2-4-13(10)15(18)14(9-17)11-5-7-12(16)8-6-11/h5-8,10,13-14H,2-4H2,1H3. The molecule has 3 unspecified atom stereocenters. The van der Waals surface area contributed by atoms with E-state index in [1.54, 1.807) is 0 Å². The summed E-state index contributed by atoms with van der Waals surface area (Å²) in [5.41, 5.74) is 0.600. The molecule has 0 amide bonds. The van der Waals surface area contributed by atoms with Gasteiger partial charge in [-0.05, 0) is 36.5 Å². The van der Waals surface area contributed by atoms with Gasteiger partial charge in [0.2, 0.25) is 0 Å². The summed E-state index contributed by atoms with van der Waals surface area (Å²) in [5, 5.41) is 9.20. The number of benzene rings is 1. The molecule has 0 heterocycles. The van der Waals surface area contributed by atoms with E-state index in [0.29, 0.717) is 11.5 Å². The molecule has 0 radical (unpaired) electrons. The summed E-state index contributed by atoms with van der Waals surface area (Å²) >= 11 is 0. The van der Waals surface area contributed by atoms with Gasteiger partial charge in [0, 0.05) is 5.92 Å². The zero-order chi connectivity index (χ0) is 13.1. The van der Waals surface area contributed by atoms with E-state index in [0.717, 1.165) is 19.3 Å². The highest BCUT2D eigenvalue weighted by atomic mass is 19.1. The van der Waals surface area contributed by atoms with Gasteiger partial charge in [-0.2, -0.15) is 5.26 Å². The maximum atomic E-state index is 12.9. The monoisotopic (exact) mass is 245 g/mol. The average Bonchev–Trinajstić information content (AvgIpc) is 2.78. The van der Waals surface area contributed by atoms with Gasteiger partial charge in [0.1, 0.15) is 11.7 Å². The second-order valence-corrected chi connectivity index (χ2v) is 5.03. The van der Waals surface area contributed by atoms with Crippen molar-refractivity contribution < 1.29 is 9.18 Å². The Morgan fingerprint density at radius 3 is 2.56 bits per heavy atom. The molecule has 1 aromatic rings. The van der Waals surface area contributed by atoms with Crippen LogP contribution < -0.4 is 0 Å². The van der Waals surface area contributed by atoms with Gasteiger partial charge in [0.15, 0.2) is 5.78 Å². The second kappa shape index (κ2) is 5.30. The first-order valence-corrected chi connectivity index (χ1v) is 6.32. The van der Waals surface area contributed by atoms with Gasteiger partial charge in [0.05, 0.1) is 6.07 Å². The van der Waals surface area contributed by atoms with Crippen LogP contribution in [0.4, 0.5) is 4.39 Å². The van der Waals surface area contributed by atoms with E-state index in [1.165, 1.54) is 24.3 Å². The summed E-state index contributed by atoms with van der Waals surface area (Å²) in [6.45, 7) is 2.06. The molecule has 2 nitrogen and oxygen atoms in total. The molecule has 1 fully saturated rings. The predicted molar refractivity (Wildman–Crippen MR) is 66.3 cm³/mol. The molecule has 0 aromatic heterocycles. The third-order valence-corrected chi connectivity index (χ3v) is 3.84. The molecule has 18 heavy (non-hydrogen) atoms. The van der Waals surface area contributed by atoms with Crippen LogP contribution in [-0.4, -0.2) is 5.78 Å². The third-order valence-electron chi connectivity index (χ3n) is 3.84. The minimum atomic E-state index is -0.754. The maximum Gasteiger partial charge on any atom is 0.157 e. The van der Waals surface area contributed by atoms with Crippen LogP contribution >= 0.6 is 0 Å². The number of rotatable bonds is 3. The van der Waals surface area contributed by atoms with Crippen molar-refractivity contribution in [2.24, 2.45) is 11.8 Å². The van der Waals surface area contributed by atoms with Gasteiger partial charge in [-0.3, -0.25) is 4.79 Å². The fourth-order valence-electron chi connectivity index (χ4n) is 2.74. The molecule has 1 aromatic carbocycles. The molecule has 0 spiro atoms. The van der Waals surface area contributed by atoms with Gasteiger partial charge in [-0.25, -0.2) is 4.39 Å². The van der Waals surface area contributed by atoms with Crippen LogP contribution in [0.25, 0.3) is 0 Å². The van der Waals surface area contributed by atoms with E-state index in [-0.39, 0.29) is 17.5 Å². The first-order valence-electron chi connectivity index (χ1n) is 6.32. The molecule has 94 valence electrons. The molecule has 0 N–H and O–H groups in total. The van der Waals surface area contributed by atoms with Crippen LogP contribution in [0.5, 0.6) is 0 Å². The number of hydrogen-bond acceptors (Lipinski definition) is 2. The third kappa shape index (κ3) is 2.43. The quantitative estimate of drug-likeness (QED) is 0.818. The van der Waals surface area contributed by atoms with E-state index in [4.69, 9.17) is 0 Å². The molecular weight excluding hydrogens is 229 g/mol. The Balaban J connectivity index is 2.21. The fourth-order valence-corrected chi connectivity index (χ4v) is 2.74. The van der Waals surface area contributed by atoms with Gasteiger partial charge >= 0.3 is 0 Å². The lowest BCUT2D eigenvalue weighted by atomic mass is 9.83. The number of hydrogen-bond donors (Lipinski definition) is 0. The predicted octanol–water partition coefficient (Wildman–Crippen LogP) is 3.44. The number of carbonyl (C=O) groups is 1. The van der Waals surface area contributed by atoms with E-state index < -0.39 is 5.92 Å². The first-order chi connectivity index (χ1) is 8.63. The lowest BCUT2D eigenvalue weighted by molar-refractivity contribution is -0.124. The summed E-state index contributed by atoms with van der Waals surface area (Å²) in [4.78, 5) is 12.4. The van der Waals surface area contributed by atoms with Crippen molar-refractivity contribution in [2.75, 3.05) is 0 Å². The summed E-state index contributed by atoms with van der Waals surface area (Å²) < 4.78 is 12.9. The largest absolute Gasteiger partial charge is 0.298 e. The van der Waals surface area contributed by atoms with E-state index in [1.807, 2.05) is 0 Å². The van der Waals surface area contributed by atoms with E-state index in [9.17, 15) is 14.4 Å². The molecule has 3 atom stereocenters. The van der Waals surface area contributed by atoms with Crippen molar-refractivity contribution in [1.82, 2.24) is 0 Å². The van der Waals surface area contributed by atoms with Crippen molar-refractivity contribution in [2.45, 2.75) is 32.1 Å². The van der Waals surface area contributed by atoms with Crippen molar-refractivity contribution >= 4 is 5.78 Å². The van der Waals surface area contributed by atoms with Gasteiger partial charge in [-0.15, -0.1) is 0 Å². The van der Waals surface area contributed by atoms with Crippen LogP contribution in [0, 0.1) is 29.0 Å².